The third kappa shape index (κ3) is 1.77. The Hall–Kier alpha value is -1.51. The van der Waals surface area contributed by atoms with Gasteiger partial charge in [-0.1, -0.05) is 6.92 Å². The van der Waals surface area contributed by atoms with Crippen LogP contribution in [-0.4, -0.2) is 20.0 Å². The van der Waals surface area contributed by atoms with E-state index in [-0.39, 0.29) is 5.92 Å². The van der Waals surface area contributed by atoms with Crippen molar-refractivity contribution in [3.8, 4) is 11.5 Å². The Morgan fingerprint density at radius 1 is 1.12 bits per heavy atom. The van der Waals surface area contributed by atoms with E-state index in [1.165, 1.54) is 5.56 Å². The van der Waals surface area contributed by atoms with Crippen molar-refractivity contribution < 1.29 is 14.3 Å². The van der Waals surface area contributed by atoms with Crippen LogP contribution in [0, 0.1) is 5.92 Å². The number of carbonyl (C=O) groups is 1. The second-order valence-electron chi connectivity index (χ2n) is 4.22. The zero-order valence-electron chi connectivity index (χ0n) is 9.87. The molecule has 86 valence electrons. The van der Waals surface area contributed by atoms with E-state index in [1.807, 2.05) is 19.1 Å². The zero-order valence-corrected chi connectivity index (χ0v) is 9.87. The summed E-state index contributed by atoms with van der Waals surface area (Å²) in [5.41, 5.74) is 2.27. The van der Waals surface area contributed by atoms with Crippen LogP contribution in [0.5, 0.6) is 11.5 Å². The van der Waals surface area contributed by atoms with Crippen molar-refractivity contribution in [1.82, 2.24) is 0 Å². The van der Waals surface area contributed by atoms with Crippen molar-refractivity contribution in [3.63, 3.8) is 0 Å². The molecular formula is C13H16O3. The fourth-order valence-corrected chi connectivity index (χ4v) is 2.12. The van der Waals surface area contributed by atoms with Crippen LogP contribution >= 0.6 is 0 Å². The van der Waals surface area contributed by atoms with Crippen LogP contribution in [-0.2, 0) is 17.6 Å². The minimum atomic E-state index is 0.116. The third-order valence-corrected chi connectivity index (χ3v) is 3.15. The summed E-state index contributed by atoms with van der Waals surface area (Å²) in [6.07, 6.45) is 1.31. The summed E-state index contributed by atoms with van der Waals surface area (Å²) < 4.78 is 10.5. The van der Waals surface area contributed by atoms with Crippen molar-refractivity contribution in [2.45, 2.75) is 19.8 Å². The van der Waals surface area contributed by atoms with E-state index in [1.54, 1.807) is 14.2 Å². The first-order valence-electron chi connectivity index (χ1n) is 5.42. The van der Waals surface area contributed by atoms with Crippen LogP contribution in [0.15, 0.2) is 12.1 Å². The van der Waals surface area contributed by atoms with E-state index in [0.717, 1.165) is 17.7 Å². The highest BCUT2D eigenvalue weighted by Gasteiger charge is 2.24. The molecule has 1 atom stereocenters. The first kappa shape index (κ1) is 11.0. The topological polar surface area (TPSA) is 35.5 Å². The number of rotatable bonds is 2. The van der Waals surface area contributed by atoms with Gasteiger partial charge in [0.2, 0.25) is 0 Å². The monoisotopic (exact) mass is 220 g/mol. The van der Waals surface area contributed by atoms with Gasteiger partial charge in [-0.25, -0.2) is 0 Å². The first-order chi connectivity index (χ1) is 7.65. The second-order valence-corrected chi connectivity index (χ2v) is 4.22. The summed E-state index contributed by atoms with van der Waals surface area (Å²) in [7, 11) is 3.24. The van der Waals surface area contributed by atoms with Gasteiger partial charge in [0, 0.05) is 12.3 Å². The average Bonchev–Trinajstić information content (AvgIpc) is 2.29. The lowest BCUT2D eigenvalue weighted by atomic mass is 9.84. The van der Waals surface area contributed by atoms with Crippen LogP contribution in [0.1, 0.15) is 18.1 Å². The highest BCUT2D eigenvalue weighted by molar-refractivity contribution is 5.85. The molecule has 0 aliphatic heterocycles. The smallest absolute Gasteiger partial charge is 0.161 e. The third-order valence-electron chi connectivity index (χ3n) is 3.15. The maximum atomic E-state index is 11.6. The average molecular weight is 220 g/mol. The molecule has 16 heavy (non-hydrogen) atoms. The molecule has 0 saturated heterocycles. The molecule has 1 aromatic carbocycles. The Kier molecular flexibility index (Phi) is 2.86. The molecule has 0 radical (unpaired) electrons. The van der Waals surface area contributed by atoms with Gasteiger partial charge in [0.15, 0.2) is 11.5 Å². The summed E-state index contributed by atoms with van der Waals surface area (Å²) in [6.45, 7) is 1.97. The normalized spacial score (nSPS) is 19.2. The van der Waals surface area contributed by atoms with Crippen molar-refractivity contribution in [2.75, 3.05) is 14.2 Å². The van der Waals surface area contributed by atoms with Crippen LogP contribution in [0.25, 0.3) is 0 Å². The standard InChI is InChI=1S/C13H16O3/c1-8-4-9-6-12(15-2)13(16-3)7-10(9)5-11(8)14/h6-8H,4-5H2,1-3H3/t8-/m1/s1. The van der Waals surface area contributed by atoms with Crippen molar-refractivity contribution >= 4 is 5.78 Å². The SMILES string of the molecule is COc1cc2c(cc1OC)C[C@@H](C)C(=O)C2. The summed E-state index contributed by atoms with van der Waals surface area (Å²) in [4.78, 5) is 11.6. The Morgan fingerprint density at radius 2 is 1.69 bits per heavy atom. The highest BCUT2D eigenvalue weighted by atomic mass is 16.5. The summed E-state index contributed by atoms with van der Waals surface area (Å²) in [5.74, 6) is 1.86. The fourth-order valence-electron chi connectivity index (χ4n) is 2.12. The molecule has 1 aliphatic carbocycles. The number of fused-ring (bicyclic) bond motifs is 1. The van der Waals surface area contributed by atoms with Gasteiger partial charge in [-0.3, -0.25) is 4.79 Å². The van der Waals surface area contributed by atoms with Gasteiger partial charge >= 0.3 is 0 Å². The second kappa shape index (κ2) is 4.16. The molecular weight excluding hydrogens is 204 g/mol. The largest absolute Gasteiger partial charge is 0.493 e. The van der Waals surface area contributed by atoms with Crippen molar-refractivity contribution in [3.05, 3.63) is 23.3 Å². The lowest BCUT2D eigenvalue weighted by molar-refractivity contribution is -0.122. The molecule has 0 saturated carbocycles. The molecule has 1 aromatic rings. The minimum Gasteiger partial charge on any atom is -0.493 e. The summed E-state index contributed by atoms with van der Waals surface area (Å²) >= 11 is 0. The van der Waals surface area contributed by atoms with Gasteiger partial charge in [-0.2, -0.15) is 0 Å². The van der Waals surface area contributed by atoms with E-state index >= 15 is 0 Å². The Bertz CT molecular complexity index is 423. The number of ketones is 1. The molecule has 0 spiro atoms. The number of hydrogen-bond donors (Lipinski definition) is 0. The van der Waals surface area contributed by atoms with E-state index in [9.17, 15) is 4.79 Å². The number of hydrogen-bond acceptors (Lipinski definition) is 3. The van der Waals surface area contributed by atoms with E-state index in [4.69, 9.17) is 9.47 Å². The van der Waals surface area contributed by atoms with Gasteiger partial charge < -0.3 is 9.47 Å². The maximum Gasteiger partial charge on any atom is 0.161 e. The lowest BCUT2D eigenvalue weighted by Gasteiger charge is -2.22. The number of carbonyl (C=O) groups excluding carboxylic acids is 1. The molecule has 0 unspecified atom stereocenters. The van der Waals surface area contributed by atoms with Gasteiger partial charge in [0.1, 0.15) is 5.78 Å². The van der Waals surface area contributed by atoms with Gasteiger partial charge in [0.25, 0.3) is 0 Å². The zero-order chi connectivity index (χ0) is 11.7. The molecule has 3 heteroatoms. The Balaban J connectivity index is 2.45. The van der Waals surface area contributed by atoms with E-state index in [0.29, 0.717) is 18.0 Å². The van der Waals surface area contributed by atoms with Gasteiger partial charge in [0.05, 0.1) is 14.2 Å². The van der Waals surface area contributed by atoms with E-state index < -0.39 is 0 Å². The molecule has 3 nitrogen and oxygen atoms in total. The maximum absolute atomic E-state index is 11.6. The van der Waals surface area contributed by atoms with Gasteiger partial charge in [-0.15, -0.1) is 0 Å². The van der Waals surface area contributed by atoms with Crippen molar-refractivity contribution in [1.29, 1.82) is 0 Å². The van der Waals surface area contributed by atoms with Crippen LogP contribution < -0.4 is 9.47 Å². The van der Waals surface area contributed by atoms with Crippen LogP contribution in [0.4, 0.5) is 0 Å². The van der Waals surface area contributed by atoms with Crippen molar-refractivity contribution in [2.24, 2.45) is 5.92 Å². The number of benzene rings is 1. The first-order valence-corrected chi connectivity index (χ1v) is 5.42. The molecule has 0 amide bonds. The van der Waals surface area contributed by atoms with Crippen LogP contribution in [0.3, 0.4) is 0 Å². The molecule has 0 aromatic heterocycles. The Labute approximate surface area is 95.4 Å². The van der Waals surface area contributed by atoms with Crippen LogP contribution in [0.2, 0.25) is 0 Å². The molecule has 0 bridgehead atoms. The molecule has 1 aliphatic rings. The lowest BCUT2D eigenvalue weighted by Crippen LogP contribution is -2.22. The Morgan fingerprint density at radius 3 is 2.25 bits per heavy atom. The fraction of sp³-hybridized carbons (Fsp3) is 0.462. The number of Topliss-reactive ketones (excluding diaryl/α,β-unsaturated/α-hetero) is 1. The minimum absolute atomic E-state index is 0.116. The molecule has 0 heterocycles. The van der Waals surface area contributed by atoms with Gasteiger partial charge in [-0.05, 0) is 29.7 Å². The quantitative estimate of drug-likeness (QED) is 0.764. The predicted molar refractivity (Wildman–Crippen MR) is 61.1 cm³/mol. The predicted octanol–water partition coefficient (Wildman–Crippen LogP) is 2.01. The highest BCUT2D eigenvalue weighted by Crippen LogP contribution is 2.34. The molecule has 2 rings (SSSR count). The summed E-state index contributed by atoms with van der Waals surface area (Å²) in [5, 5.41) is 0. The van der Waals surface area contributed by atoms with E-state index in [2.05, 4.69) is 0 Å². The number of methoxy groups -OCH3 is 2. The summed E-state index contributed by atoms with van der Waals surface area (Å²) in [6, 6.07) is 3.90. The number of ether oxygens (including phenoxy) is 2. The molecule has 0 N–H and O–H groups in total. The molecule has 0 fully saturated rings.